The summed E-state index contributed by atoms with van der Waals surface area (Å²) in [6, 6.07) is 13.3. The topological polar surface area (TPSA) is 74.8 Å². The van der Waals surface area contributed by atoms with E-state index in [0.29, 0.717) is 27.1 Å². The van der Waals surface area contributed by atoms with Crippen molar-refractivity contribution in [2.45, 2.75) is 23.2 Å². The number of benzene rings is 2. The lowest BCUT2D eigenvalue weighted by Crippen LogP contribution is -2.31. The molecule has 0 saturated carbocycles. The predicted molar refractivity (Wildman–Crippen MR) is 107 cm³/mol. The minimum absolute atomic E-state index is 0.0657. The zero-order valence-electron chi connectivity index (χ0n) is 14.5. The monoisotopic (exact) mass is 415 g/mol. The number of anilines is 1. The highest BCUT2D eigenvalue weighted by atomic mass is 35.5. The van der Waals surface area contributed by atoms with Crippen molar-refractivity contribution in [1.29, 1.82) is 0 Å². The van der Waals surface area contributed by atoms with E-state index in [0.717, 1.165) is 5.56 Å². The minimum Gasteiger partial charge on any atom is -0.310 e. The Hall–Kier alpha value is -2.64. The molecule has 1 aliphatic rings. The Kier molecular flexibility index (Phi) is 5.19. The normalized spacial score (nSPS) is 15.8. The van der Waals surface area contributed by atoms with Crippen molar-refractivity contribution in [3.63, 3.8) is 0 Å². The van der Waals surface area contributed by atoms with Crippen LogP contribution in [0.3, 0.4) is 0 Å². The summed E-state index contributed by atoms with van der Waals surface area (Å²) >= 11 is 7.32. The Morgan fingerprint density at radius 2 is 2.00 bits per heavy atom. The maximum absolute atomic E-state index is 13.6. The second-order valence-corrected chi connectivity index (χ2v) is 7.81. The average Bonchev–Trinajstić information content (AvgIpc) is 2.65. The maximum atomic E-state index is 13.6. The molecule has 0 aliphatic carbocycles. The van der Waals surface area contributed by atoms with Gasteiger partial charge in [-0.25, -0.2) is 9.37 Å². The lowest BCUT2D eigenvalue weighted by atomic mass is 9.87. The number of amides is 1. The highest BCUT2D eigenvalue weighted by Gasteiger charge is 2.31. The highest BCUT2D eigenvalue weighted by molar-refractivity contribution is 7.98. The molecular weight excluding hydrogens is 401 g/mol. The number of nitrogens with zero attached hydrogens (tertiary/aromatic N) is 1. The number of halogens is 2. The van der Waals surface area contributed by atoms with Gasteiger partial charge in [-0.05, 0) is 35.4 Å². The van der Waals surface area contributed by atoms with E-state index >= 15 is 0 Å². The Balaban J connectivity index is 1.66. The minimum atomic E-state index is -0.539. The third-order valence-corrected chi connectivity index (χ3v) is 5.62. The van der Waals surface area contributed by atoms with Crippen LogP contribution in [-0.2, 0) is 10.5 Å². The van der Waals surface area contributed by atoms with Crippen LogP contribution in [0, 0.1) is 5.82 Å². The first-order valence-corrected chi connectivity index (χ1v) is 9.93. The number of carbonyl (C=O) groups excluding carboxylic acids is 1. The van der Waals surface area contributed by atoms with Gasteiger partial charge in [0.2, 0.25) is 5.91 Å². The summed E-state index contributed by atoms with van der Waals surface area (Å²) in [4.78, 5) is 32.1. The van der Waals surface area contributed by atoms with Crippen molar-refractivity contribution in [3.05, 3.63) is 86.4 Å². The quantitative estimate of drug-likeness (QED) is 0.491. The Morgan fingerprint density at radius 3 is 2.79 bits per heavy atom. The number of carbonyl (C=O) groups is 1. The van der Waals surface area contributed by atoms with Crippen molar-refractivity contribution in [3.8, 4) is 0 Å². The van der Waals surface area contributed by atoms with Crippen LogP contribution in [0.4, 0.5) is 10.2 Å². The SMILES string of the molecule is O=C1CC(c2cccc(F)c2)c2c(nc(SCc3cccc(Cl)c3)[nH]c2=O)N1. The van der Waals surface area contributed by atoms with Gasteiger partial charge in [0.1, 0.15) is 11.6 Å². The number of thioether (sulfide) groups is 1. The van der Waals surface area contributed by atoms with E-state index in [1.165, 1.54) is 23.9 Å². The molecule has 1 unspecified atom stereocenters. The van der Waals surface area contributed by atoms with Crippen molar-refractivity contribution < 1.29 is 9.18 Å². The van der Waals surface area contributed by atoms with Crippen LogP contribution in [0.15, 0.2) is 58.5 Å². The second-order valence-electron chi connectivity index (χ2n) is 6.41. The molecule has 5 nitrogen and oxygen atoms in total. The number of rotatable bonds is 4. The predicted octanol–water partition coefficient (Wildman–Crippen LogP) is 4.33. The number of fused-ring (bicyclic) bond motifs is 1. The lowest BCUT2D eigenvalue weighted by Gasteiger charge is -2.24. The molecule has 0 bridgehead atoms. The van der Waals surface area contributed by atoms with E-state index in [1.807, 2.05) is 18.2 Å². The van der Waals surface area contributed by atoms with Crippen LogP contribution in [0.25, 0.3) is 0 Å². The molecular formula is C20H15ClFN3O2S. The van der Waals surface area contributed by atoms with Crippen LogP contribution in [0.1, 0.15) is 29.0 Å². The largest absolute Gasteiger partial charge is 0.310 e. The van der Waals surface area contributed by atoms with Gasteiger partial charge in [0.25, 0.3) is 5.56 Å². The maximum Gasteiger partial charge on any atom is 0.257 e. The molecule has 0 spiro atoms. The number of hydrogen-bond donors (Lipinski definition) is 2. The molecule has 3 aromatic rings. The molecule has 0 fully saturated rings. The Labute approximate surface area is 169 Å². The first-order chi connectivity index (χ1) is 13.5. The van der Waals surface area contributed by atoms with E-state index in [4.69, 9.17) is 11.6 Å². The molecule has 8 heteroatoms. The number of hydrogen-bond acceptors (Lipinski definition) is 4. The van der Waals surface area contributed by atoms with E-state index in [1.54, 1.807) is 18.2 Å². The van der Waals surface area contributed by atoms with Gasteiger partial charge in [-0.2, -0.15) is 0 Å². The van der Waals surface area contributed by atoms with Gasteiger partial charge in [0.05, 0.1) is 5.56 Å². The van der Waals surface area contributed by atoms with Gasteiger partial charge in [0, 0.05) is 23.1 Å². The summed E-state index contributed by atoms with van der Waals surface area (Å²) in [6.07, 6.45) is 0.0657. The van der Waals surface area contributed by atoms with E-state index in [2.05, 4.69) is 15.3 Å². The second kappa shape index (κ2) is 7.77. The lowest BCUT2D eigenvalue weighted by molar-refractivity contribution is -0.116. The Morgan fingerprint density at radius 1 is 1.18 bits per heavy atom. The molecule has 142 valence electrons. The molecule has 0 radical (unpaired) electrons. The summed E-state index contributed by atoms with van der Waals surface area (Å²) < 4.78 is 13.6. The Bertz CT molecular complexity index is 1120. The molecule has 28 heavy (non-hydrogen) atoms. The van der Waals surface area contributed by atoms with E-state index in [-0.39, 0.29) is 23.7 Å². The fourth-order valence-corrected chi connectivity index (χ4v) is 4.22. The third-order valence-electron chi connectivity index (χ3n) is 4.44. The van der Waals surface area contributed by atoms with Crippen molar-refractivity contribution in [2.24, 2.45) is 0 Å². The van der Waals surface area contributed by atoms with Gasteiger partial charge in [-0.3, -0.25) is 9.59 Å². The summed E-state index contributed by atoms with van der Waals surface area (Å²) in [6.45, 7) is 0. The van der Waals surface area contributed by atoms with E-state index < -0.39 is 11.7 Å². The van der Waals surface area contributed by atoms with Gasteiger partial charge < -0.3 is 10.3 Å². The fourth-order valence-electron chi connectivity index (χ4n) is 3.21. The molecule has 2 aromatic carbocycles. The molecule has 0 saturated heterocycles. The summed E-state index contributed by atoms with van der Waals surface area (Å²) in [5.41, 5.74) is 1.56. The zero-order chi connectivity index (χ0) is 19.7. The summed E-state index contributed by atoms with van der Waals surface area (Å²) in [5.74, 6) is -0.428. The van der Waals surface area contributed by atoms with Crippen molar-refractivity contribution in [1.82, 2.24) is 9.97 Å². The number of H-pyrrole nitrogens is 1. The fraction of sp³-hybridized carbons (Fsp3) is 0.150. The zero-order valence-corrected chi connectivity index (χ0v) is 16.1. The number of aromatic amines is 1. The molecule has 1 amide bonds. The highest BCUT2D eigenvalue weighted by Crippen LogP contribution is 2.34. The third kappa shape index (κ3) is 3.95. The van der Waals surface area contributed by atoms with Crippen molar-refractivity contribution >= 4 is 35.1 Å². The smallest absolute Gasteiger partial charge is 0.257 e. The van der Waals surface area contributed by atoms with Gasteiger partial charge in [-0.15, -0.1) is 0 Å². The molecule has 1 aliphatic heterocycles. The van der Waals surface area contributed by atoms with Crippen LogP contribution >= 0.6 is 23.4 Å². The van der Waals surface area contributed by atoms with E-state index in [9.17, 15) is 14.0 Å². The molecule has 1 aromatic heterocycles. The van der Waals surface area contributed by atoms with Crippen LogP contribution in [0.2, 0.25) is 5.02 Å². The first-order valence-electron chi connectivity index (χ1n) is 8.56. The molecule has 4 rings (SSSR count). The average molecular weight is 416 g/mol. The number of nitrogens with one attached hydrogen (secondary N) is 2. The van der Waals surface area contributed by atoms with Crippen molar-refractivity contribution in [2.75, 3.05) is 5.32 Å². The molecule has 2 N–H and O–H groups in total. The van der Waals surface area contributed by atoms with Crippen LogP contribution in [0.5, 0.6) is 0 Å². The van der Waals surface area contributed by atoms with Gasteiger partial charge >= 0.3 is 0 Å². The first kappa shape index (κ1) is 18.7. The molecule has 1 atom stereocenters. The molecule has 2 heterocycles. The summed E-state index contributed by atoms with van der Waals surface area (Å²) in [7, 11) is 0. The standard InChI is InChI=1S/C20H15ClFN3O2S/c21-13-5-1-3-11(7-13)10-28-20-24-18-17(19(27)25-20)15(9-16(26)23-18)12-4-2-6-14(22)8-12/h1-8,15H,9-10H2,(H2,23,24,25,26,27). The number of aromatic nitrogens is 2. The van der Waals surface area contributed by atoms with Gasteiger partial charge in [-0.1, -0.05) is 47.6 Å². The summed E-state index contributed by atoms with van der Waals surface area (Å²) in [5, 5.41) is 3.69. The van der Waals surface area contributed by atoms with Crippen LogP contribution < -0.4 is 10.9 Å². The van der Waals surface area contributed by atoms with Crippen LogP contribution in [-0.4, -0.2) is 15.9 Å². The van der Waals surface area contributed by atoms with Gasteiger partial charge in [0.15, 0.2) is 5.16 Å².